The van der Waals surface area contributed by atoms with Gasteiger partial charge < -0.3 is 45.2 Å². The van der Waals surface area contributed by atoms with E-state index in [2.05, 4.69) is 0 Å². The second-order valence-electron chi connectivity index (χ2n) is 5.57. The van der Waals surface area contributed by atoms with E-state index in [0.717, 1.165) is 4.90 Å². The Balaban J connectivity index is 2.22. The van der Waals surface area contributed by atoms with Crippen molar-refractivity contribution in [3.05, 3.63) is 0 Å². The number of carbonyl (C=O) groups is 1. The van der Waals surface area contributed by atoms with Gasteiger partial charge in [-0.15, -0.1) is 0 Å². The summed E-state index contributed by atoms with van der Waals surface area (Å²) in [6.45, 7) is -1.71. The topological polar surface area (TPSA) is 180 Å². The van der Waals surface area contributed by atoms with E-state index in [-0.39, 0.29) is 6.61 Å². The molecule has 0 aromatic heterocycles. The summed E-state index contributed by atoms with van der Waals surface area (Å²) >= 11 is 0. The lowest BCUT2D eigenvalue weighted by Gasteiger charge is -2.43. The first-order valence-electron chi connectivity index (χ1n) is 7.03. The van der Waals surface area contributed by atoms with E-state index < -0.39 is 68.2 Å². The van der Waals surface area contributed by atoms with Crippen LogP contribution in [0.25, 0.3) is 0 Å². The highest BCUT2D eigenvalue weighted by Crippen LogP contribution is 2.29. The van der Waals surface area contributed by atoms with Gasteiger partial charge >= 0.3 is 5.97 Å². The quantitative estimate of drug-likeness (QED) is 0.255. The van der Waals surface area contributed by atoms with Crippen LogP contribution in [0.2, 0.25) is 0 Å². The van der Waals surface area contributed by atoms with Crippen LogP contribution in [0.4, 0.5) is 0 Å². The number of aliphatic hydroxyl groups is 6. The Morgan fingerprint density at radius 2 is 1.61 bits per heavy atom. The van der Waals surface area contributed by atoms with Crippen LogP contribution in [0, 0.1) is 0 Å². The van der Waals surface area contributed by atoms with E-state index >= 15 is 0 Å². The normalized spacial score (nSPS) is 44.7. The molecule has 7 N–H and O–H groups in total. The lowest BCUT2D eigenvalue weighted by molar-refractivity contribution is -0.260. The van der Waals surface area contributed by atoms with Crippen molar-refractivity contribution in [3.8, 4) is 0 Å². The fourth-order valence-corrected chi connectivity index (χ4v) is 2.72. The molecule has 0 spiro atoms. The van der Waals surface area contributed by atoms with Crippen molar-refractivity contribution in [1.82, 2.24) is 4.90 Å². The van der Waals surface area contributed by atoms with Crippen LogP contribution < -0.4 is 0 Å². The Bertz CT molecular complexity index is 421. The molecule has 0 aromatic rings. The molecule has 11 heteroatoms. The second kappa shape index (κ2) is 7.34. The van der Waals surface area contributed by atoms with Crippen molar-refractivity contribution in [2.24, 2.45) is 0 Å². The maximum atomic E-state index is 11.1. The zero-order valence-electron chi connectivity index (χ0n) is 12.0. The molecule has 2 saturated heterocycles. The van der Waals surface area contributed by atoms with Crippen LogP contribution >= 0.6 is 0 Å². The van der Waals surface area contributed by atoms with Crippen LogP contribution in [0.5, 0.6) is 0 Å². The average Bonchev–Trinajstić information content (AvgIpc) is 2.78. The minimum atomic E-state index is -1.67. The highest BCUT2D eigenvalue weighted by Gasteiger charge is 2.51. The van der Waals surface area contributed by atoms with Crippen LogP contribution in [0.3, 0.4) is 0 Å². The highest BCUT2D eigenvalue weighted by molar-refractivity contribution is 5.69. The van der Waals surface area contributed by atoms with E-state index in [0.29, 0.717) is 0 Å². The molecule has 0 bridgehead atoms. The van der Waals surface area contributed by atoms with Gasteiger partial charge in [0.25, 0.3) is 0 Å². The van der Waals surface area contributed by atoms with Gasteiger partial charge in [0.1, 0.15) is 55.6 Å². The third-order valence-corrected chi connectivity index (χ3v) is 3.96. The van der Waals surface area contributed by atoms with Crippen LogP contribution in [-0.4, -0.2) is 115 Å². The van der Waals surface area contributed by atoms with Gasteiger partial charge in [0.15, 0.2) is 0 Å². The molecule has 0 aromatic carbocycles. The standard InChI is InChI=1S/C12H21NO10/c14-2-5-8(19)10(21)12(23-5)13(1-6(16)17)11-9(20)7(18)4(15)3-22-11/h4-5,7-12,14-15,18-21H,1-3H2,(H,16,17)/t4-,5-,7-,8-,9+,10+,11?,12-/m1/s1. The van der Waals surface area contributed by atoms with Gasteiger partial charge in [-0.2, -0.15) is 0 Å². The van der Waals surface area contributed by atoms with E-state index in [9.17, 15) is 30.3 Å². The summed E-state index contributed by atoms with van der Waals surface area (Å²) in [6, 6.07) is 0. The Hall–Kier alpha value is -0.890. The van der Waals surface area contributed by atoms with E-state index in [1.165, 1.54) is 0 Å². The third kappa shape index (κ3) is 3.63. The fourth-order valence-electron chi connectivity index (χ4n) is 2.72. The molecule has 134 valence electrons. The second-order valence-corrected chi connectivity index (χ2v) is 5.57. The van der Waals surface area contributed by atoms with Gasteiger partial charge in [-0.3, -0.25) is 4.79 Å². The molecule has 0 saturated carbocycles. The summed E-state index contributed by atoms with van der Waals surface area (Å²) in [5.74, 6) is -1.33. The monoisotopic (exact) mass is 339 g/mol. The Morgan fingerprint density at radius 3 is 2.13 bits per heavy atom. The number of carboxylic acid groups (broad SMARTS) is 1. The van der Waals surface area contributed by atoms with Gasteiger partial charge in [-0.1, -0.05) is 0 Å². The number of nitrogens with zero attached hydrogens (tertiary/aromatic N) is 1. The van der Waals surface area contributed by atoms with Crippen molar-refractivity contribution in [1.29, 1.82) is 0 Å². The van der Waals surface area contributed by atoms with Crippen LogP contribution in [-0.2, 0) is 14.3 Å². The lowest BCUT2D eigenvalue weighted by Crippen LogP contribution is -2.63. The molecule has 8 atom stereocenters. The molecule has 0 aliphatic carbocycles. The van der Waals surface area contributed by atoms with E-state index in [4.69, 9.17) is 19.7 Å². The summed E-state index contributed by atoms with van der Waals surface area (Å²) < 4.78 is 10.4. The van der Waals surface area contributed by atoms with Crippen LogP contribution in [0.1, 0.15) is 0 Å². The highest BCUT2D eigenvalue weighted by atomic mass is 16.6. The largest absolute Gasteiger partial charge is 0.480 e. The molecule has 2 heterocycles. The Labute approximate surface area is 130 Å². The van der Waals surface area contributed by atoms with Crippen LogP contribution in [0.15, 0.2) is 0 Å². The predicted molar refractivity (Wildman–Crippen MR) is 69.9 cm³/mol. The van der Waals surface area contributed by atoms with Gasteiger partial charge in [0, 0.05) is 0 Å². The van der Waals surface area contributed by atoms with Gasteiger partial charge in [-0.05, 0) is 0 Å². The SMILES string of the molecule is O=C(O)CN(C1OC[C@@H](O)[C@@H](O)[C@@H]1O)[C@@H]1O[C@H](CO)[C@@H](O)[C@@H]1O. The summed E-state index contributed by atoms with van der Waals surface area (Å²) in [5, 5.41) is 67.0. The van der Waals surface area contributed by atoms with Gasteiger partial charge in [0.05, 0.1) is 13.2 Å². The van der Waals surface area contributed by atoms with Crippen molar-refractivity contribution in [2.45, 2.75) is 49.1 Å². The zero-order valence-corrected chi connectivity index (χ0v) is 12.0. The van der Waals surface area contributed by atoms with Crippen molar-refractivity contribution in [3.63, 3.8) is 0 Å². The fraction of sp³-hybridized carbons (Fsp3) is 0.917. The summed E-state index contributed by atoms with van der Waals surface area (Å²) in [6.07, 6.45) is -11.5. The van der Waals surface area contributed by atoms with Crippen molar-refractivity contribution >= 4 is 5.97 Å². The molecule has 23 heavy (non-hydrogen) atoms. The number of rotatable bonds is 5. The van der Waals surface area contributed by atoms with Gasteiger partial charge in [0.2, 0.25) is 0 Å². The average molecular weight is 339 g/mol. The first-order chi connectivity index (χ1) is 10.8. The molecular weight excluding hydrogens is 318 g/mol. The van der Waals surface area contributed by atoms with Crippen molar-refractivity contribution in [2.75, 3.05) is 19.8 Å². The molecule has 2 aliphatic heterocycles. The number of ether oxygens (including phenoxy) is 2. The smallest absolute Gasteiger partial charge is 0.317 e. The molecule has 0 radical (unpaired) electrons. The van der Waals surface area contributed by atoms with E-state index in [1.807, 2.05) is 0 Å². The summed E-state index contributed by atoms with van der Waals surface area (Å²) in [7, 11) is 0. The van der Waals surface area contributed by atoms with E-state index in [1.54, 1.807) is 0 Å². The first kappa shape index (κ1) is 18.4. The Kier molecular flexibility index (Phi) is 5.89. The molecular formula is C12H21NO10. The molecule has 2 aliphatic rings. The number of hydrogen-bond acceptors (Lipinski definition) is 10. The minimum absolute atomic E-state index is 0.367. The lowest BCUT2D eigenvalue weighted by atomic mass is 10.0. The molecule has 2 rings (SSSR count). The summed E-state index contributed by atoms with van der Waals surface area (Å²) in [4.78, 5) is 12.0. The summed E-state index contributed by atoms with van der Waals surface area (Å²) in [5.41, 5.74) is 0. The number of hydrogen-bond donors (Lipinski definition) is 7. The number of carboxylic acids is 1. The van der Waals surface area contributed by atoms with Crippen molar-refractivity contribution < 1.29 is 50.0 Å². The maximum absolute atomic E-state index is 11.1. The third-order valence-electron chi connectivity index (χ3n) is 3.96. The molecule has 0 amide bonds. The molecule has 11 nitrogen and oxygen atoms in total. The first-order valence-corrected chi connectivity index (χ1v) is 7.03. The number of aliphatic hydroxyl groups excluding tert-OH is 6. The number of aliphatic carboxylic acids is 1. The molecule has 2 fully saturated rings. The zero-order chi connectivity index (χ0) is 17.3. The molecule has 1 unspecified atom stereocenters. The van der Waals surface area contributed by atoms with Gasteiger partial charge in [-0.25, -0.2) is 4.90 Å². The maximum Gasteiger partial charge on any atom is 0.317 e. The Morgan fingerprint density at radius 1 is 1.00 bits per heavy atom. The predicted octanol–water partition coefficient (Wildman–Crippen LogP) is -4.75. The minimum Gasteiger partial charge on any atom is -0.480 e.